The zero-order valence-corrected chi connectivity index (χ0v) is 8.01. The summed E-state index contributed by atoms with van der Waals surface area (Å²) in [6, 6.07) is 0. The fourth-order valence-electron chi connectivity index (χ4n) is 1.62. The molecule has 0 saturated heterocycles. The van der Waals surface area contributed by atoms with Crippen LogP contribution in [0, 0.1) is 5.92 Å². The minimum atomic E-state index is -0.564. The molecule has 12 heavy (non-hydrogen) atoms. The zero-order chi connectivity index (χ0) is 9.19. The van der Waals surface area contributed by atoms with Crippen LogP contribution in [0.1, 0.15) is 33.1 Å². The summed E-state index contributed by atoms with van der Waals surface area (Å²) in [5, 5.41) is 9.62. The highest BCUT2D eigenvalue weighted by molar-refractivity contribution is 5.08. The molecule has 0 aromatic carbocycles. The van der Waals surface area contributed by atoms with E-state index in [0.717, 1.165) is 19.3 Å². The number of rotatable bonds is 2. The molecule has 0 radical (unpaired) electrons. The Balaban J connectivity index is 2.48. The zero-order valence-electron chi connectivity index (χ0n) is 8.01. The first-order valence-corrected chi connectivity index (χ1v) is 4.56. The summed E-state index contributed by atoms with van der Waals surface area (Å²) in [5.74, 6) is 0.600. The van der Waals surface area contributed by atoms with E-state index in [1.807, 2.05) is 13.0 Å². The topological polar surface area (TPSA) is 20.2 Å². The Morgan fingerprint density at radius 1 is 1.75 bits per heavy atom. The highest BCUT2D eigenvalue weighted by atomic mass is 16.3. The van der Waals surface area contributed by atoms with Crippen molar-refractivity contribution >= 4 is 0 Å². The third kappa shape index (κ3) is 2.82. The smallest absolute Gasteiger partial charge is 0.0800 e. The van der Waals surface area contributed by atoms with Gasteiger partial charge in [-0.3, -0.25) is 0 Å². The van der Waals surface area contributed by atoms with Crippen molar-refractivity contribution in [3.63, 3.8) is 0 Å². The van der Waals surface area contributed by atoms with Gasteiger partial charge in [-0.1, -0.05) is 17.7 Å². The second-order valence-corrected chi connectivity index (χ2v) is 4.18. The van der Waals surface area contributed by atoms with Crippen LogP contribution in [-0.2, 0) is 0 Å². The van der Waals surface area contributed by atoms with E-state index in [1.165, 1.54) is 5.57 Å². The van der Waals surface area contributed by atoms with Gasteiger partial charge >= 0.3 is 0 Å². The van der Waals surface area contributed by atoms with E-state index in [2.05, 4.69) is 19.6 Å². The molecule has 1 aliphatic rings. The van der Waals surface area contributed by atoms with Gasteiger partial charge in [0.25, 0.3) is 0 Å². The summed E-state index contributed by atoms with van der Waals surface area (Å²) in [7, 11) is 0. The SMILES string of the molecule is C=C(C)CC1C=CC(C)(O)CC1. The average Bonchev–Trinajstić information content (AvgIpc) is 1.93. The Bertz CT molecular complexity index is 201. The molecule has 0 spiro atoms. The maximum absolute atomic E-state index is 9.62. The van der Waals surface area contributed by atoms with E-state index in [-0.39, 0.29) is 0 Å². The predicted molar refractivity (Wildman–Crippen MR) is 51.9 cm³/mol. The van der Waals surface area contributed by atoms with Crippen molar-refractivity contribution in [2.24, 2.45) is 5.92 Å². The fourth-order valence-corrected chi connectivity index (χ4v) is 1.62. The first-order chi connectivity index (χ1) is 5.49. The van der Waals surface area contributed by atoms with Crippen molar-refractivity contribution in [1.82, 2.24) is 0 Å². The van der Waals surface area contributed by atoms with Crippen LogP contribution in [0.25, 0.3) is 0 Å². The third-order valence-electron chi connectivity index (χ3n) is 2.36. The molecule has 2 atom stereocenters. The Kier molecular flexibility index (Phi) is 2.73. The van der Waals surface area contributed by atoms with Gasteiger partial charge in [0, 0.05) is 0 Å². The molecule has 0 saturated carbocycles. The summed E-state index contributed by atoms with van der Waals surface area (Å²) in [5.41, 5.74) is 0.664. The van der Waals surface area contributed by atoms with Crippen LogP contribution in [0.2, 0.25) is 0 Å². The molecular formula is C11H18O. The minimum absolute atomic E-state index is 0.564. The normalized spacial score (nSPS) is 35.1. The molecule has 0 amide bonds. The van der Waals surface area contributed by atoms with Crippen LogP contribution in [0.4, 0.5) is 0 Å². The lowest BCUT2D eigenvalue weighted by molar-refractivity contribution is 0.0881. The monoisotopic (exact) mass is 166 g/mol. The van der Waals surface area contributed by atoms with Crippen LogP contribution in [0.3, 0.4) is 0 Å². The first kappa shape index (κ1) is 9.53. The molecule has 68 valence electrons. The highest BCUT2D eigenvalue weighted by Gasteiger charge is 2.22. The Labute approximate surface area is 74.8 Å². The quantitative estimate of drug-likeness (QED) is 0.625. The molecule has 0 aromatic rings. The largest absolute Gasteiger partial charge is 0.386 e. The maximum Gasteiger partial charge on any atom is 0.0800 e. The Hall–Kier alpha value is -0.560. The van der Waals surface area contributed by atoms with Crippen molar-refractivity contribution < 1.29 is 5.11 Å². The standard InChI is InChI=1S/C11H18O/c1-9(2)8-10-4-6-11(3,12)7-5-10/h4,6,10,12H,1,5,7-8H2,2-3H3. The number of hydrogen-bond donors (Lipinski definition) is 1. The van der Waals surface area contributed by atoms with Gasteiger partial charge in [-0.05, 0) is 39.0 Å². The van der Waals surface area contributed by atoms with Gasteiger partial charge in [0.05, 0.1) is 5.60 Å². The second kappa shape index (κ2) is 3.44. The van der Waals surface area contributed by atoms with Gasteiger partial charge in [-0.25, -0.2) is 0 Å². The van der Waals surface area contributed by atoms with Crippen molar-refractivity contribution in [3.05, 3.63) is 24.3 Å². The molecule has 1 heteroatoms. The summed E-state index contributed by atoms with van der Waals surface area (Å²) >= 11 is 0. The van der Waals surface area contributed by atoms with Crippen molar-refractivity contribution in [2.45, 2.75) is 38.7 Å². The number of hydrogen-bond acceptors (Lipinski definition) is 1. The number of allylic oxidation sites excluding steroid dienone is 2. The van der Waals surface area contributed by atoms with Crippen LogP contribution in [0.5, 0.6) is 0 Å². The second-order valence-electron chi connectivity index (χ2n) is 4.18. The van der Waals surface area contributed by atoms with Gasteiger partial charge < -0.3 is 5.11 Å². The van der Waals surface area contributed by atoms with Crippen molar-refractivity contribution in [1.29, 1.82) is 0 Å². The molecule has 0 bridgehead atoms. The van der Waals surface area contributed by atoms with E-state index in [9.17, 15) is 5.11 Å². The Morgan fingerprint density at radius 2 is 2.42 bits per heavy atom. The van der Waals surface area contributed by atoms with Crippen molar-refractivity contribution in [3.8, 4) is 0 Å². The van der Waals surface area contributed by atoms with Crippen molar-refractivity contribution in [2.75, 3.05) is 0 Å². The van der Waals surface area contributed by atoms with Gasteiger partial charge in [0.15, 0.2) is 0 Å². The molecule has 1 rings (SSSR count). The van der Waals surface area contributed by atoms with E-state index in [4.69, 9.17) is 0 Å². The molecule has 1 aliphatic carbocycles. The molecule has 0 aliphatic heterocycles. The maximum atomic E-state index is 9.62. The van der Waals surface area contributed by atoms with Gasteiger partial charge in [-0.2, -0.15) is 0 Å². The van der Waals surface area contributed by atoms with Crippen LogP contribution >= 0.6 is 0 Å². The van der Waals surface area contributed by atoms with Gasteiger partial charge in [-0.15, -0.1) is 6.58 Å². The predicted octanol–water partition coefficient (Wildman–Crippen LogP) is 2.67. The summed E-state index contributed by atoms with van der Waals surface area (Å²) in [4.78, 5) is 0. The van der Waals surface area contributed by atoms with Gasteiger partial charge in [0.1, 0.15) is 0 Å². The van der Waals surface area contributed by atoms with E-state index >= 15 is 0 Å². The summed E-state index contributed by atoms with van der Waals surface area (Å²) < 4.78 is 0. The Morgan fingerprint density at radius 3 is 2.83 bits per heavy atom. The summed E-state index contributed by atoms with van der Waals surface area (Å²) in [6.45, 7) is 7.81. The van der Waals surface area contributed by atoms with Crippen LogP contribution in [0.15, 0.2) is 24.3 Å². The van der Waals surface area contributed by atoms with E-state index < -0.39 is 5.60 Å². The lowest BCUT2D eigenvalue weighted by Gasteiger charge is -2.27. The number of aliphatic hydroxyl groups is 1. The average molecular weight is 166 g/mol. The molecular weight excluding hydrogens is 148 g/mol. The fraction of sp³-hybridized carbons (Fsp3) is 0.636. The highest BCUT2D eigenvalue weighted by Crippen LogP contribution is 2.28. The third-order valence-corrected chi connectivity index (χ3v) is 2.36. The van der Waals surface area contributed by atoms with Crippen LogP contribution in [-0.4, -0.2) is 10.7 Å². The molecule has 0 aromatic heterocycles. The lowest BCUT2D eigenvalue weighted by Crippen LogP contribution is -2.25. The van der Waals surface area contributed by atoms with E-state index in [0.29, 0.717) is 5.92 Å². The molecule has 1 N–H and O–H groups in total. The van der Waals surface area contributed by atoms with Gasteiger partial charge in [0.2, 0.25) is 0 Å². The van der Waals surface area contributed by atoms with E-state index in [1.54, 1.807) is 0 Å². The molecule has 0 heterocycles. The lowest BCUT2D eigenvalue weighted by atomic mass is 9.84. The molecule has 0 fully saturated rings. The summed E-state index contributed by atoms with van der Waals surface area (Å²) in [6.07, 6.45) is 7.06. The van der Waals surface area contributed by atoms with Crippen LogP contribution < -0.4 is 0 Å². The first-order valence-electron chi connectivity index (χ1n) is 4.56. The molecule has 2 unspecified atom stereocenters. The molecule has 1 nitrogen and oxygen atoms in total. The minimum Gasteiger partial charge on any atom is -0.386 e.